The summed E-state index contributed by atoms with van der Waals surface area (Å²) < 4.78 is 0. The van der Waals surface area contributed by atoms with E-state index >= 15 is 0 Å². The third-order valence-corrected chi connectivity index (χ3v) is 5.34. The van der Waals surface area contributed by atoms with Crippen LogP contribution >= 0.6 is 0 Å². The van der Waals surface area contributed by atoms with Crippen LogP contribution in [0.15, 0.2) is 0 Å². The second-order valence-electron chi connectivity index (χ2n) is 8.55. The molecule has 3 amide bonds. The number of rotatable bonds is 6. The molecule has 2 heterocycles. The Kier molecular flexibility index (Phi) is 6.05. The maximum Gasteiger partial charge on any atom is 0.233 e. The van der Waals surface area contributed by atoms with Crippen molar-refractivity contribution < 1.29 is 14.4 Å². The molecule has 2 saturated heterocycles. The summed E-state index contributed by atoms with van der Waals surface area (Å²) >= 11 is 0. The van der Waals surface area contributed by atoms with Crippen LogP contribution in [-0.2, 0) is 14.4 Å². The van der Waals surface area contributed by atoms with Gasteiger partial charge in [0, 0.05) is 32.5 Å². The SMILES string of the molecule is C[C@@H]1CCN(C(=O)CCCCCN2C(=O)CC(C(C)(C)C)C2=O)C1. The number of likely N-dealkylation sites (tertiary alicyclic amines) is 2. The quantitative estimate of drug-likeness (QED) is 0.553. The highest BCUT2D eigenvalue weighted by atomic mass is 16.2. The highest BCUT2D eigenvalue weighted by Gasteiger charge is 2.44. The van der Waals surface area contributed by atoms with Gasteiger partial charge in [-0.15, -0.1) is 0 Å². The molecule has 1 unspecified atom stereocenters. The molecule has 0 radical (unpaired) electrons. The fourth-order valence-corrected chi connectivity index (χ4v) is 3.64. The van der Waals surface area contributed by atoms with Crippen molar-refractivity contribution >= 4 is 17.7 Å². The molecule has 136 valence electrons. The third kappa shape index (κ3) is 4.58. The van der Waals surface area contributed by atoms with Gasteiger partial charge in [0.1, 0.15) is 0 Å². The largest absolute Gasteiger partial charge is 0.342 e. The molecule has 24 heavy (non-hydrogen) atoms. The van der Waals surface area contributed by atoms with E-state index in [1.165, 1.54) is 4.90 Å². The first kappa shape index (κ1) is 18.9. The summed E-state index contributed by atoms with van der Waals surface area (Å²) in [7, 11) is 0. The molecular formula is C19H32N2O3. The van der Waals surface area contributed by atoms with Gasteiger partial charge in [-0.2, -0.15) is 0 Å². The minimum Gasteiger partial charge on any atom is -0.342 e. The molecule has 0 aliphatic carbocycles. The molecule has 0 aromatic carbocycles. The summed E-state index contributed by atoms with van der Waals surface area (Å²) in [5.41, 5.74) is -0.166. The van der Waals surface area contributed by atoms with Crippen LogP contribution in [0.2, 0.25) is 0 Å². The molecule has 5 nitrogen and oxygen atoms in total. The number of imide groups is 1. The summed E-state index contributed by atoms with van der Waals surface area (Å²) in [5, 5.41) is 0. The Balaban J connectivity index is 1.66. The lowest BCUT2D eigenvalue weighted by Crippen LogP contribution is -2.34. The fourth-order valence-electron chi connectivity index (χ4n) is 3.64. The van der Waals surface area contributed by atoms with E-state index in [0.717, 1.165) is 38.8 Å². The fraction of sp³-hybridized carbons (Fsp3) is 0.842. The van der Waals surface area contributed by atoms with Crippen molar-refractivity contribution in [3.63, 3.8) is 0 Å². The van der Waals surface area contributed by atoms with E-state index in [0.29, 0.717) is 25.3 Å². The Hall–Kier alpha value is -1.39. The molecule has 2 fully saturated rings. The van der Waals surface area contributed by atoms with Crippen LogP contribution in [0.1, 0.15) is 66.2 Å². The van der Waals surface area contributed by atoms with Crippen molar-refractivity contribution in [3.05, 3.63) is 0 Å². The molecule has 0 N–H and O–H groups in total. The zero-order chi connectivity index (χ0) is 17.9. The van der Waals surface area contributed by atoms with Gasteiger partial charge >= 0.3 is 0 Å². The Labute approximate surface area is 145 Å². The van der Waals surface area contributed by atoms with Gasteiger partial charge in [0.15, 0.2) is 0 Å². The van der Waals surface area contributed by atoms with Gasteiger partial charge < -0.3 is 4.90 Å². The number of carbonyl (C=O) groups is 3. The minimum absolute atomic E-state index is 0.0189. The van der Waals surface area contributed by atoms with Gasteiger partial charge in [0.25, 0.3) is 0 Å². The second-order valence-corrected chi connectivity index (χ2v) is 8.55. The highest BCUT2D eigenvalue weighted by Crippen LogP contribution is 2.35. The van der Waals surface area contributed by atoms with Gasteiger partial charge in [-0.05, 0) is 30.6 Å². The van der Waals surface area contributed by atoms with Crippen molar-refractivity contribution in [1.29, 1.82) is 0 Å². The van der Waals surface area contributed by atoms with E-state index in [4.69, 9.17) is 0 Å². The van der Waals surface area contributed by atoms with E-state index in [-0.39, 0.29) is 29.1 Å². The van der Waals surface area contributed by atoms with Crippen LogP contribution < -0.4 is 0 Å². The zero-order valence-electron chi connectivity index (χ0n) is 15.6. The number of unbranched alkanes of at least 4 members (excludes halogenated alkanes) is 2. The summed E-state index contributed by atoms with van der Waals surface area (Å²) in [4.78, 5) is 39.9. The maximum absolute atomic E-state index is 12.4. The van der Waals surface area contributed by atoms with Gasteiger partial charge in [0.2, 0.25) is 17.7 Å². The van der Waals surface area contributed by atoms with Gasteiger partial charge in [-0.1, -0.05) is 34.1 Å². The number of amides is 3. The monoisotopic (exact) mass is 336 g/mol. The molecule has 0 aromatic heterocycles. The highest BCUT2D eigenvalue weighted by molar-refractivity contribution is 6.03. The van der Waals surface area contributed by atoms with Crippen LogP contribution in [0.5, 0.6) is 0 Å². The Bertz CT molecular complexity index is 495. The lowest BCUT2D eigenvalue weighted by atomic mass is 9.80. The number of hydrogen-bond acceptors (Lipinski definition) is 3. The zero-order valence-corrected chi connectivity index (χ0v) is 15.6. The van der Waals surface area contributed by atoms with Crippen molar-refractivity contribution in [2.45, 2.75) is 66.2 Å². The van der Waals surface area contributed by atoms with E-state index in [1.807, 2.05) is 25.7 Å². The van der Waals surface area contributed by atoms with Crippen molar-refractivity contribution in [2.24, 2.45) is 17.3 Å². The Morgan fingerprint density at radius 2 is 1.88 bits per heavy atom. The first-order valence-corrected chi connectivity index (χ1v) is 9.32. The molecule has 5 heteroatoms. The minimum atomic E-state index is -0.191. The Morgan fingerprint density at radius 1 is 1.17 bits per heavy atom. The van der Waals surface area contributed by atoms with Crippen molar-refractivity contribution in [3.8, 4) is 0 Å². The molecule has 2 atom stereocenters. The second kappa shape index (κ2) is 7.66. The van der Waals surface area contributed by atoms with Crippen LogP contribution in [0.4, 0.5) is 0 Å². The van der Waals surface area contributed by atoms with E-state index in [2.05, 4.69) is 6.92 Å². The van der Waals surface area contributed by atoms with Crippen LogP contribution in [0.25, 0.3) is 0 Å². The number of nitrogens with zero attached hydrogens (tertiary/aromatic N) is 2. The summed E-state index contributed by atoms with van der Waals surface area (Å²) in [6.45, 7) is 10.5. The van der Waals surface area contributed by atoms with Gasteiger partial charge in [0.05, 0.1) is 5.92 Å². The van der Waals surface area contributed by atoms with Crippen molar-refractivity contribution in [1.82, 2.24) is 9.80 Å². The third-order valence-electron chi connectivity index (χ3n) is 5.34. The van der Waals surface area contributed by atoms with Crippen LogP contribution in [0, 0.1) is 17.3 Å². The number of carbonyl (C=O) groups excluding carboxylic acids is 3. The first-order valence-electron chi connectivity index (χ1n) is 9.32. The predicted molar refractivity (Wildman–Crippen MR) is 93.1 cm³/mol. The molecule has 0 spiro atoms. The van der Waals surface area contributed by atoms with Crippen LogP contribution in [-0.4, -0.2) is 47.2 Å². The van der Waals surface area contributed by atoms with E-state index in [9.17, 15) is 14.4 Å². The summed E-state index contributed by atoms with van der Waals surface area (Å²) in [5.74, 6) is 0.623. The van der Waals surface area contributed by atoms with E-state index < -0.39 is 0 Å². The van der Waals surface area contributed by atoms with Crippen LogP contribution in [0.3, 0.4) is 0 Å². The smallest absolute Gasteiger partial charge is 0.233 e. The molecule has 0 aromatic rings. The molecule has 2 rings (SSSR count). The topological polar surface area (TPSA) is 57.7 Å². The number of hydrogen-bond donors (Lipinski definition) is 0. The Morgan fingerprint density at radius 3 is 2.42 bits per heavy atom. The van der Waals surface area contributed by atoms with Gasteiger partial charge in [-0.25, -0.2) is 0 Å². The molecule has 2 aliphatic rings. The maximum atomic E-state index is 12.4. The summed E-state index contributed by atoms with van der Waals surface area (Å²) in [6, 6.07) is 0. The lowest BCUT2D eigenvalue weighted by molar-refractivity contribution is -0.140. The standard InChI is InChI=1S/C19H32N2O3/c1-14-9-11-20(13-14)16(22)8-6-5-7-10-21-17(23)12-15(18(21)24)19(2,3)4/h14-15H,5-13H2,1-4H3/t14-,15?/m1/s1. The predicted octanol–water partition coefficient (Wildman–Crippen LogP) is 2.84. The lowest BCUT2D eigenvalue weighted by Gasteiger charge is -2.24. The first-order chi connectivity index (χ1) is 11.2. The van der Waals surface area contributed by atoms with Crippen molar-refractivity contribution in [2.75, 3.05) is 19.6 Å². The van der Waals surface area contributed by atoms with E-state index in [1.54, 1.807) is 0 Å². The molecule has 0 saturated carbocycles. The molecule has 2 aliphatic heterocycles. The van der Waals surface area contributed by atoms with Gasteiger partial charge in [-0.3, -0.25) is 19.3 Å². The molecule has 0 bridgehead atoms. The normalized spacial score (nSPS) is 25.0. The molecular weight excluding hydrogens is 304 g/mol. The average Bonchev–Trinajstić information content (AvgIpc) is 3.03. The summed E-state index contributed by atoms with van der Waals surface area (Å²) in [6.07, 6.45) is 4.54. The average molecular weight is 336 g/mol.